The third-order valence-electron chi connectivity index (χ3n) is 2.58. The topological polar surface area (TPSA) is 46.6 Å². The highest BCUT2D eigenvalue weighted by atomic mass is 16.5. The standard InChI is InChI=1S/C13H23N3O2/c1-4-14-12-6-5-7-15-13(12)16(8-10-17-2)9-11-18-3/h5-7,14H,4,8-11H2,1-3H3. The molecule has 0 atom stereocenters. The first-order chi connectivity index (χ1) is 8.83. The summed E-state index contributed by atoms with van der Waals surface area (Å²) in [4.78, 5) is 6.63. The zero-order valence-electron chi connectivity index (χ0n) is 11.5. The third-order valence-corrected chi connectivity index (χ3v) is 2.58. The van der Waals surface area contributed by atoms with Crippen LogP contribution in [-0.4, -0.2) is 52.1 Å². The molecule has 0 aromatic carbocycles. The Kier molecular flexibility index (Phi) is 7.13. The smallest absolute Gasteiger partial charge is 0.152 e. The van der Waals surface area contributed by atoms with Crippen LogP contribution in [0.15, 0.2) is 18.3 Å². The van der Waals surface area contributed by atoms with Crippen LogP contribution in [-0.2, 0) is 9.47 Å². The van der Waals surface area contributed by atoms with Gasteiger partial charge in [0.25, 0.3) is 0 Å². The van der Waals surface area contributed by atoms with E-state index < -0.39 is 0 Å². The first-order valence-electron chi connectivity index (χ1n) is 6.25. The Morgan fingerprint density at radius 3 is 2.44 bits per heavy atom. The van der Waals surface area contributed by atoms with Crippen LogP contribution in [0.1, 0.15) is 6.92 Å². The fourth-order valence-electron chi connectivity index (χ4n) is 1.70. The zero-order chi connectivity index (χ0) is 13.2. The van der Waals surface area contributed by atoms with Gasteiger partial charge in [-0.15, -0.1) is 0 Å². The summed E-state index contributed by atoms with van der Waals surface area (Å²) < 4.78 is 10.3. The maximum atomic E-state index is 5.14. The molecule has 0 spiro atoms. The van der Waals surface area contributed by atoms with Gasteiger partial charge in [-0.1, -0.05) is 0 Å². The Bertz CT molecular complexity index is 326. The largest absolute Gasteiger partial charge is 0.383 e. The minimum Gasteiger partial charge on any atom is -0.383 e. The summed E-state index contributed by atoms with van der Waals surface area (Å²) in [5, 5.41) is 3.32. The second kappa shape index (κ2) is 8.72. The van der Waals surface area contributed by atoms with Gasteiger partial charge in [-0.2, -0.15) is 0 Å². The van der Waals surface area contributed by atoms with Gasteiger partial charge in [0.2, 0.25) is 0 Å². The Morgan fingerprint density at radius 1 is 1.22 bits per heavy atom. The van der Waals surface area contributed by atoms with Crippen molar-refractivity contribution in [3.8, 4) is 0 Å². The third kappa shape index (κ3) is 4.50. The molecule has 0 aliphatic heterocycles. The van der Waals surface area contributed by atoms with E-state index in [-0.39, 0.29) is 0 Å². The maximum Gasteiger partial charge on any atom is 0.152 e. The summed E-state index contributed by atoms with van der Waals surface area (Å²) in [7, 11) is 3.41. The number of methoxy groups -OCH3 is 2. The molecule has 0 unspecified atom stereocenters. The molecular weight excluding hydrogens is 230 g/mol. The highest BCUT2D eigenvalue weighted by molar-refractivity contribution is 5.65. The van der Waals surface area contributed by atoms with E-state index in [4.69, 9.17) is 9.47 Å². The highest BCUT2D eigenvalue weighted by Crippen LogP contribution is 2.22. The van der Waals surface area contributed by atoms with Gasteiger partial charge in [-0.3, -0.25) is 0 Å². The molecule has 0 aliphatic carbocycles. The van der Waals surface area contributed by atoms with E-state index in [0.29, 0.717) is 13.2 Å². The first-order valence-corrected chi connectivity index (χ1v) is 6.25. The van der Waals surface area contributed by atoms with Crippen LogP contribution in [0.2, 0.25) is 0 Å². The van der Waals surface area contributed by atoms with Gasteiger partial charge in [0, 0.05) is 40.1 Å². The summed E-state index contributed by atoms with van der Waals surface area (Å²) in [5.74, 6) is 0.952. The lowest BCUT2D eigenvalue weighted by atomic mass is 10.3. The molecular formula is C13H23N3O2. The van der Waals surface area contributed by atoms with E-state index in [2.05, 4.69) is 22.1 Å². The fraction of sp³-hybridized carbons (Fsp3) is 0.615. The molecule has 0 saturated heterocycles. The molecule has 0 radical (unpaired) electrons. The average molecular weight is 253 g/mol. The SMILES string of the molecule is CCNc1cccnc1N(CCOC)CCOC. The molecule has 1 N–H and O–H groups in total. The van der Waals surface area contributed by atoms with Crippen molar-refractivity contribution < 1.29 is 9.47 Å². The summed E-state index contributed by atoms with van der Waals surface area (Å²) in [6.07, 6.45) is 1.81. The van der Waals surface area contributed by atoms with Crippen molar-refractivity contribution in [1.29, 1.82) is 0 Å². The number of anilines is 2. The van der Waals surface area contributed by atoms with Gasteiger partial charge in [-0.25, -0.2) is 4.98 Å². The van der Waals surface area contributed by atoms with Crippen molar-refractivity contribution in [2.24, 2.45) is 0 Å². The van der Waals surface area contributed by atoms with Crippen molar-refractivity contribution in [2.75, 3.05) is 57.3 Å². The van der Waals surface area contributed by atoms with Crippen molar-refractivity contribution in [2.45, 2.75) is 6.92 Å². The minimum atomic E-state index is 0.672. The molecule has 5 heteroatoms. The lowest BCUT2D eigenvalue weighted by Crippen LogP contribution is -2.32. The number of aromatic nitrogens is 1. The molecule has 1 heterocycles. The maximum absolute atomic E-state index is 5.14. The lowest BCUT2D eigenvalue weighted by molar-refractivity contribution is 0.190. The summed E-state index contributed by atoms with van der Waals surface area (Å²) >= 11 is 0. The first kappa shape index (κ1) is 14.7. The van der Waals surface area contributed by atoms with E-state index in [0.717, 1.165) is 31.1 Å². The molecule has 1 aromatic rings. The number of rotatable bonds is 9. The Balaban J connectivity index is 2.81. The number of hydrogen-bond acceptors (Lipinski definition) is 5. The van der Waals surface area contributed by atoms with Gasteiger partial charge >= 0.3 is 0 Å². The van der Waals surface area contributed by atoms with E-state index in [1.165, 1.54) is 0 Å². The summed E-state index contributed by atoms with van der Waals surface area (Å²) in [6, 6.07) is 3.98. The average Bonchev–Trinajstić information content (AvgIpc) is 2.40. The molecule has 0 bridgehead atoms. The van der Waals surface area contributed by atoms with Crippen molar-refractivity contribution >= 4 is 11.5 Å². The van der Waals surface area contributed by atoms with Crippen LogP contribution >= 0.6 is 0 Å². The van der Waals surface area contributed by atoms with Gasteiger partial charge in [0.15, 0.2) is 5.82 Å². The number of hydrogen-bond donors (Lipinski definition) is 1. The van der Waals surface area contributed by atoms with Crippen LogP contribution in [0, 0.1) is 0 Å². The number of ether oxygens (including phenoxy) is 2. The van der Waals surface area contributed by atoms with E-state index in [1.54, 1.807) is 14.2 Å². The molecule has 1 aromatic heterocycles. The van der Waals surface area contributed by atoms with Crippen LogP contribution in [0.4, 0.5) is 11.5 Å². The second-order valence-electron chi connectivity index (χ2n) is 3.88. The summed E-state index contributed by atoms with van der Waals surface area (Å²) in [5.41, 5.74) is 1.05. The second-order valence-corrected chi connectivity index (χ2v) is 3.88. The summed E-state index contributed by atoms with van der Waals surface area (Å²) in [6.45, 7) is 5.90. The van der Waals surface area contributed by atoms with Gasteiger partial charge < -0.3 is 19.7 Å². The van der Waals surface area contributed by atoms with Crippen molar-refractivity contribution in [1.82, 2.24) is 4.98 Å². The number of nitrogens with one attached hydrogen (secondary N) is 1. The predicted molar refractivity (Wildman–Crippen MR) is 74.4 cm³/mol. The van der Waals surface area contributed by atoms with Gasteiger partial charge in [0.1, 0.15) is 0 Å². The molecule has 0 fully saturated rings. The van der Waals surface area contributed by atoms with Crippen molar-refractivity contribution in [3.63, 3.8) is 0 Å². The molecule has 1 rings (SSSR count). The molecule has 18 heavy (non-hydrogen) atoms. The normalized spacial score (nSPS) is 10.4. The molecule has 0 amide bonds. The van der Waals surface area contributed by atoms with Crippen LogP contribution in [0.25, 0.3) is 0 Å². The monoisotopic (exact) mass is 253 g/mol. The highest BCUT2D eigenvalue weighted by Gasteiger charge is 2.11. The Labute approximate surface area is 109 Å². The predicted octanol–water partition coefficient (Wildman–Crippen LogP) is 1.61. The lowest BCUT2D eigenvalue weighted by Gasteiger charge is -2.25. The van der Waals surface area contributed by atoms with Crippen LogP contribution in [0.5, 0.6) is 0 Å². The van der Waals surface area contributed by atoms with Gasteiger partial charge in [0.05, 0.1) is 18.9 Å². The van der Waals surface area contributed by atoms with Gasteiger partial charge in [-0.05, 0) is 19.1 Å². The number of pyridine rings is 1. The molecule has 0 aliphatic rings. The Hall–Kier alpha value is -1.33. The van der Waals surface area contributed by atoms with E-state index in [1.807, 2.05) is 18.3 Å². The molecule has 0 saturated carbocycles. The molecule has 5 nitrogen and oxygen atoms in total. The zero-order valence-corrected chi connectivity index (χ0v) is 11.5. The minimum absolute atomic E-state index is 0.672. The van der Waals surface area contributed by atoms with Crippen LogP contribution < -0.4 is 10.2 Å². The van der Waals surface area contributed by atoms with E-state index in [9.17, 15) is 0 Å². The Morgan fingerprint density at radius 2 is 1.89 bits per heavy atom. The van der Waals surface area contributed by atoms with Crippen LogP contribution in [0.3, 0.4) is 0 Å². The fourth-order valence-corrected chi connectivity index (χ4v) is 1.70. The quantitative estimate of drug-likeness (QED) is 0.724. The number of nitrogens with zero attached hydrogens (tertiary/aromatic N) is 2. The molecule has 102 valence electrons. The van der Waals surface area contributed by atoms with Crippen molar-refractivity contribution in [3.05, 3.63) is 18.3 Å². The van der Waals surface area contributed by atoms with E-state index >= 15 is 0 Å².